The first-order chi connectivity index (χ1) is 14.9. The summed E-state index contributed by atoms with van der Waals surface area (Å²) in [5.74, 6) is -0.507. The molecule has 0 aliphatic carbocycles. The van der Waals surface area contributed by atoms with Gasteiger partial charge in [0.05, 0.1) is 11.1 Å². The van der Waals surface area contributed by atoms with Crippen molar-refractivity contribution in [3.05, 3.63) is 83.4 Å². The summed E-state index contributed by atoms with van der Waals surface area (Å²) in [7, 11) is 3.88. The van der Waals surface area contributed by atoms with E-state index >= 15 is 0 Å². The molecule has 0 unspecified atom stereocenters. The maximum absolute atomic E-state index is 12.8. The SMILES string of the molecule is CN(C)CCNC(=O)C(=Cc1ccc(C(=O)O)cc1)COc1cccc2ccccc12. The summed E-state index contributed by atoms with van der Waals surface area (Å²) < 4.78 is 6.03. The highest BCUT2D eigenvalue weighted by molar-refractivity contribution is 5.98. The van der Waals surface area contributed by atoms with E-state index in [1.807, 2.05) is 61.5 Å². The van der Waals surface area contributed by atoms with Crippen molar-refractivity contribution in [2.75, 3.05) is 33.8 Å². The van der Waals surface area contributed by atoms with Crippen LogP contribution >= 0.6 is 0 Å². The summed E-state index contributed by atoms with van der Waals surface area (Å²) in [5.41, 5.74) is 1.38. The number of rotatable bonds is 9. The van der Waals surface area contributed by atoms with Crippen LogP contribution in [0.1, 0.15) is 15.9 Å². The quantitative estimate of drug-likeness (QED) is 0.519. The molecule has 3 rings (SSSR count). The van der Waals surface area contributed by atoms with Crippen LogP contribution in [0.5, 0.6) is 5.75 Å². The number of ether oxygens (including phenoxy) is 1. The summed E-state index contributed by atoms with van der Waals surface area (Å²) in [6, 6.07) is 20.1. The zero-order valence-electron chi connectivity index (χ0n) is 17.7. The number of hydrogen-bond acceptors (Lipinski definition) is 4. The maximum atomic E-state index is 12.8. The summed E-state index contributed by atoms with van der Waals surface area (Å²) >= 11 is 0. The number of hydrogen-bond donors (Lipinski definition) is 2. The number of amides is 1. The molecule has 0 bridgehead atoms. The van der Waals surface area contributed by atoms with Crippen molar-refractivity contribution in [1.29, 1.82) is 0 Å². The van der Waals surface area contributed by atoms with E-state index in [9.17, 15) is 9.59 Å². The zero-order chi connectivity index (χ0) is 22.2. The molecule has 0 heterocycles. The van der Waals surface area contributed by atoms with Gasteiger partial charge in [0.15, 0.2) is 0 Å². The number of fused-ring (bicyclic) bond motifs is 1. The molecule has 0 saturated carbocycles. The van der Waals surface area contributed by atoms with Gasteiger partial charge in [0, 0.05) is 18.5 Å². The Bertz CT molecular complexity index is 1080. The molecule has 0 atom stereocenters. The fraction of sp³-hybridized carbons (Fsp3) is 0.200. The van der Waals surface area contributed by atoms with Gasteiger partial charge >= 0.3 is 5.97 Å². The van der Waals surface area contributed by atoms with Gasteiger partial charge in [-0.3, -0.25) is 4.79 Å². The molecule has 0 aliphatic heterocycles. The Morgan fingerprint density at radius 1 is 1.00 bits per heavy atom. The molecule has 1 amide bonds. The van der Waals surface area contributed by atoms with Crippen LogP contribution in [-0.4, -0.2) is 55.7 Å². The first-order valence-electron chi connectivity index (χ1n) is 10.0. The van der Waals surface area contributed by atoms with Gasteiger partial charge in [-0.15, -0.1) is 0 Å². The monoisotopic (exact) mass is 418 g/mol. The lowest BCUT2D eigenvalue weighted by Gasteiger charge is -2.14. The summed E-state index contributed by atoms with van der Waals surface area (Å²) in [6.07, 6.45) is 1.72. The highest BCUT2D eigenvalue weighted by Gasteiger charge is 2.12. The van der Waals surface area contributed by atoms with Crippen LogP contribution in [0.15, 0.2) is 72.3 Å². The van der Waals surface area contributed by atoms with E-state index in [-0.39, 0.29) is 18.1 Å². The van der Waals surface area contributed by atoms with Gasteiger partial charge in [-0.05, 0) is 49.3 Å². The van der Waals surface area contributed by atoms with E-state index < -0.39 is 5.97 Å². The van der Waals surface area contributed by atoms with Crippen LogP contribution in [0.4, 0.5) is 0 Å². The highest BCUT2D eigenvalue weighted by atomic mass is 16.5. The van der Waals surface area contributed by atoms with Gasteiger partial charge in [0.1, 0.15) is 12.4 Å². The van der Waals surface area contributed by atoms with Crippen LogP contribution < -0.4 is 10.1 Å². The van der Waals surface area contributed by atoms with Crippen LogP contribution in [0.25, 0.3) is 16.8 Å². The second-order valence-electron chi connectivity index (χ2n) is 7.42. The van der Waals surface area contributed by atoms with Crippen molar-refractivity contribution in [2.24, 2.45) is 0 Å². The zero-order valence-corrected chi connectivity index (χ0v) is 17.7. The van der Waals surface area contributed by atoms with Crippen molar-refractivity contribution >= 4 is 28.7 Å². The molecule has 160 valence electrons. The second kappa shape index (κ2) is 10.4. The number of nitrogens with one attached hydrogen (secondary N) is 1. The number of carboxylic acid groups (broad SMARTS) is 1. The van der Waals surface area contributed by atoms with Crippen molar-refractivity contribution in [2.45, 2.75) is 0 Å². The molecule has 0 spiro atoms. The van der Waals surface area contributed by atoms with Crippen LogP contribution in [0.2, 0.25) is 0 Å². The van der Waals surface area contributed by atoms with E-state index in [1.54, 1.807) is 18.2 Å². The average molecular weight is 418 g/mol. The van der Waals surface area contributed by atoms with E-state index in [2.05, 4.69) is 5.32 Å². The third kappa shape index (κ3) is 6.17. The molecular weight excluding hydrogens is 392 g/mol. The lowest BCUT2D eigenvalue weighted by molar-refractivity contribution is -0.117. The fourth-order valence-corrected chi connectivity index (χ4v) is 3.08. The Labute approximate surface area is 181 Å². The predicted molar refractivity (Wildman–Crippen MR) is 122 cm³/mol. The molecule has 3 aromatic carbocycles. The number of benzene rings is 3. The van der Waals surface area contributed by atoms with E-state index in [4.69, 9.17) is 9.84 Å². The molecule has 0 aliphatic rings. The fourth-order valence-electron chi connectivity index (χ4n) is 3.08. The minimum Gasteiger partial charge on any atom is -0.488 e. The van der Waals surface area contributed by atoms with Crippen LogP contribution in [0, 0.1) is 0 Å². The Morgan fingerprint density at radius 3 is 2.42 bits per heavy atom. The molecule has 6 nitrogen and oxygen atoms in total. The largest absolute Gasteiger partial charge is 0.488 e. The topological polar surface area (TPSA) is 78.9 Å². The second-order valence-corrected chi connectivity index (χ2v) is 7.42. The maximum Gasteiger partial charge on any atom is 0.335 e. The van der Waals surface area contributed by atoms with Gasteiger partial charge in [0.25, 0.3) is 5.91 Å². The molecule has 0 radical (unpaired) electrons. The smallest absolute Gasteiger partial charge is 0.335 e. The Morgan fingerprint density at radius 2 is 1.71 bits per heavy atom. The lowest BCUT2D eigenvalue weighted by atomic mass is 10.1. The minimum absolute atomic E-state index is 0.0858. The first-order valence-corrected chi connectivity index (χ1v) is 10.0. The van der Waals surface area contributed by atoms with Gasteiger partial charge in [-0.25, -0.2) is 4.79 Å². The van der Waals surface area contributed by atoms with Crippen molar-refractivity contribution in [3.8, 4) is 5.75 Å². The lowest BCUT2D eigenvalue weighted by Crippen LogP contribution is -2.33. The van der Waals surface area contributed by atoms with Gasteiger partial charge in [0.2, 0.25) is 0 Å². The van der Waals surface area contributed by atoms with Gasteiger partial charge < -0.3 is 20.1 Å². The highest BCUT2D eigenvalue weighted by Crippen LogP contribution is 2.25. The Balaban J connectivity index is 1.82. The van der Waals surface area contributed by atoms with Gasteiger partial charge in [-0.2, -0.15) is 0 Å². The molecule has 0 saturated heterocycles. The standard InChI is InChI=1S/C25H26N2O4/c1-27(2)15-14-26-24(28)21(16-18-10-12-20(13-11-18)25(29)30)17-31-23-9-5-7-19-6-3-4-8-22(19)23/h3-13,16H,14-15,17H2,1-2H3,(H,26,28)(H,29,30). The number of carboxylic acids is 1. The van der Waals surface area contributed by atoms with Gasteiger partial charge in [-0.1, -0.05) is 48.5 Å². The number of aromatic carboxylic acids is 1. The van der Waals surface area contributed by atoms with E-state index in [0.717, 1.165) is 22.9 Å². The molecule has 0 fully saturated rings. The average Bonchev–Trinajstić information content (AvgIpc) is 2.76. The molecule has 3 aromatic rings. The number of carbonyl (C=O) groups is 2. The summed E-state index contributed by atoms with van der Waals surface area (Å²) in [4.78, 5) is 25.9. The number of likely N-dealkylation sites (N-methyl/N-ethyl adjacent to an activating group) is 1. The van der Waals surface area contributed by atoms with Crippen molar-refractivity contribution < 1.29 is 19.4 Å². The Kier molecular flexibility index (Phi) is 7.40. The van der Waals surface area contributed by atoms with E-state index in [0.29, 0.717) is 17.9 Å². The number of nitrogens with zero attached hydrogens (tertiary/aromatic N) is 1. The van der Waals surface area contributed by atoms with E-state index in [1.165, 1.54) is 12.1 Å². The first kappa shape index (κ1) is 22.1. The Hall–Kier alpha value is -3.64. The summed E-state index contributed by atoms with van der Waals surface area (Å²) in [5, 5.41) is 14.0. The minimum atomic E-state index is -0.989. The third-order valence-electron chi connectivity index (χ3n) is 4.77. The third-order valence-corrected chi connectivity index (χ3v) is 4.77. The number of carbonyl (C=O) groups excluding carboxylic acids is 1. The molecule has 6 heteroatoms. The van der Waals surface area contributed by atoms with Crippen molar-refractivity contribution in [1.82, 2.24) is 10.2 Å². The van der Waals surface area contributed by atoms with Crippen molar-refractivity contribution in [3.63, 3.8) is 0 Å². The predicted octanol–water partition coefficient (Wildman–Crippen LogP) is 3.68. The molecule has 0 aromatic heterocycles. The molecular formula is C25H26N2O4. The molecule has 31 heavy (non-hydrogen) atoms. The summed E-state index contributed by atoms with van der Waals surface area (Å²) in [6.45, 7) is 1.31. The normalized spacial score (nSPS) is 11.5. The molecule has 2 N–H and O–H groups in total. The van der Waals surface area contributed by atoms with Crippen LogP contribution in [0.3, 0.4) is 0 Å². The van der Waals surface area contributed by atoms with Crippen LogP contribution in [-0.2, 0) is 4.79 Å².